The fourth-order valence-electron chi connectivity index (χ4n) is 4.96. The molecule has 5 nitrogen and oxygen atoms in total. The Kier molecular flexibility index (Phi) is 22.3. The number of carbonyl (C=O) groups is 2. The van der Waals surface area contributed by atoms with Crippen LogP contribution in [-0.2, 0) is 14.3 Å². The molecule has 0 aromatic carbocycles. The van der Waals surface area contributed by atoms with Gasteiger partial charge in [0.05, 0.1) is 27.6 Å². The molecule has 0 amide bonds. The Morgan fingerprint density at radius 1 is 0.694 bits per heavy atom. The third-order valence-corrected chi connectivity index (χ3v) is 7.08. The van der Waals surface area contributed by atoms with Gasteiger partial charge in [0.25, 0.3) is 0 Å². The highest BCUT2D eigenvalue weighted by molar-refractivity contribution is 5.71. The minimum Gasteiger partial charge on any atom is -0.481 e. The molecular formula is C31H62NO4+. The number of carboxylic acids is 1. The number of aliphatic carboxylic acids is 1. The van der Waals surface area contributed by atoms with Crippen molar-refractivity contribution in [1.82, 2.24) is 0 Å². The molecule has 0 aliphatic heterocycles. The Morgan fingerprint density at radius 3 is 1.53 bits per heavy atom. The van der Waals surface area contributed by atoms with Gasteiger partial charge in [-0.05, 0) is 12.3 Å². The maximum Gasteiger partial charge on any atom is 0.307 e. The zero-order chi connectivity index (χ0) is 27.1. The van der Waals surface area contributed by atoms with Crippen molar-refractivity contribution in [2.75, 3.05) is 27.7 Å². The average Bonchev–Trinajstić information content (AvgIpc) is 2.77. The zero-order valence-electron chi connectivity index (χ0n) is 24.8. The molecular weight excluding hydrogens is 450 g/mol. The molecule has 0 aromatic heterocycles. The molecule has 36 heavy (non-hydrogen) atoms. The molecule has 1 N–H and O–H groups in total. The minimum atomic E-state index is -0.922. The van der Waals surface area contributed by atoms with E-state index in [4.69, 9.17) is 9.84 Å². The van der Waals surface area contributed by atoms with Crippen LogP contribution in [0.3, 0.4) is 0 Å². The second-order valence-electron chi connectivity index (χ2n) is 12.3. The zero-order valence-corrected chi connectivity index (χ0v) is 24.8. The number of quaternary nitrogens is 1. The van der Waals surface area contributed by atoms with E-state index in [1.807, 2.05) is 21.1 Å². The van der Waals surface area contributed by atoms with Gasteiger partial charge in [-0.3, -0.25) is 9.59 Å². The Labute approximate surface area is 224 Å². The van der Waals surface area contributed by atoms with Crippen molar-refractivity contribution in [1.29, 1.82) is 0 Å². The number of nitrogens with zero attached hydrogens (tertiary/aromatic N) is 1. The van der Waals surface area contributed by atoms with E-state index in [-0.39, 0.29) is 12.4 Å². The van der Waals surface area contributed by atoms with E-state index in [2.05, 4.69) is 13.8 Å². The number of unbranched alkanes of at least 4 members (excludes halogenated alkanes) is 15. The lowest BCUT2D eigenvalue weighted by atomic mass is 9.95. The average molecular weight is 513 g/mol. The van der Waals surface area contributed by atoms with Gasteiger partial charge in [-0.25, -0.2) is 0 Å². The molecule has 0 aromatic rings. The molecule has 0 fully saturated rings. The van der Waals surface area contributed by atoms with Gasteiger partial charge in [-0.15, -0.1) is 0 Å². The van der Waals surface area contributed by atoms with Crippen molar-refractivity contribution in [3.05, 3.63) is 0 Å². The van der Waals surface area contributed by atoms with Crippen LogP contribution in [0.15, 0.2) is 0 Å². The Balaban J connectivity index is 3.56. The quantitative estimate of drug-likeness (QED) is 0.0716. The summed E-state index contributed by atoms with van der Waals surface area (Å²) in [4.78, 5) is 23.2. The van der Waals surface area contributed by atoms with E-state index in [0.717, 1.165) is 25.2 Å². The van der Waals surface area contributed by atoms with Crippen LogP contribution in [-0.4, -0.2) is 55.3 Å². The summed E-state index contributed by atoms with van der Waals surface area (Å²) in [5.74, 6) is -0.330. The van der Waals surface area contributed by atoms with Crippen LogP contribution in [0.5, 0.6) is 0 Å². The fourth-order valence-corrected chi connectivity index (χ4v) is 4.96. The molecule has 0 aliphatic carbocycles. The van der Waals surface area contributed by atoms with E-state index < -0.39 is 12.1 Å². The Hall–Kier alpha value is -1.10. The number of hydrogen-bond acceptors (Lipinski definition) is 3. The van der Waals surface area contributed by atoms with Gasteiger partial charge in [0.15, 0.2) is 6.10 Å². The monoisotopic (exact) mass is 512 g/mol. The van der Waals surface area contributed by atoms with Crippen molar-refractivity contribution in [3.63, 3.8) is 0 Å². The predicted molar refractivity (Wildman–Crippen MR) is 152 cm³/mol. The molecule has 0 spiro atoms. The number of rotatable bonds is 26. The molecule has 2 atom stereocenters. The van der Waals surface area contributed by atoms with E-state index >= 15 is 0 Å². The van der Waals surface area contributed by atoms with E-state index in [0.29, 0.717) is 17.4 Å². The van der Waals surface area contributed by atoms with Crippen LogP contribution in [0, 0.1) is 5.92 Å². The smallest absolute Gasteiger partial charge is 0.307 e. The second-order valence-corrected chi connectivity index (χ2v) is 12.3. The lowest BCUT2D eigenvalue weighted by Gasteiger charge is -2.28. The lowest BCUT2D eigenvalue weighted by Crippen LogP contribution is -2.43. The maximum absolute atomic E-state index is 12.1. The fraction of sp³-hybridized carbons (Fsp3) is 0.935. The first-order chi connectivity index (χ1) is 17.1. The van der Waals surface area contributed by atoms with Gasteiger partial charge in [0, 0.05) is 6.42 Å². The normalized spacial score (nSPS) is 13.5. The number of carboxylic acid groups (broad SMARTS) is 1. The summed E-state index contributed by atoms with van der Waals surface area (Å²) in [6.07, 6.45) is 24.9. The van der Waals surface area contributed by atoms with Crippen molar-refractivity contribution < 1.29 is 23.9 Å². The summed E-state index contributed by atoms with van der Waals surface area (Å²) in [6, 6.07) is 0. The van der Waals surface area contributed by atoms with Crippen LogP contribution in [0.25, 0.3) is 0 Å². The van der Waals surface area contributed by atoms with Gasteiger partial charge in [0.1, 0.15) is 6.54 Å². The lowest BCUT2D eigenvalue weighted by molar-refractivity contribution is -0.873. The van der Waals surface area contributed by atoms with Crippen molar-refractivity contribution in [2.24, 2.45) is 5.92 Å². The summed E-state index contributed by atoms with van der Waals surface area (Å²) in [5, 5.41) is 9.06. The number of hydrogen-bond donors (Lipinski definition) is 1. The first kappa shape index (κ1) is 34.9. The van der Waals surface area contributed by atoms with Crippen molar-refractivity contribution in [2.45, 2.75) is 155 Å². The Morgan fingerprint density at radius 2 is 1.11 bits per heavy atom. The molecule has 0 saturated carbocycles. The van der Waals surface area contributed by atoms with Gasteiger partial charge < -0.3 is 14.3 Å². The summed E-state index contributed by atoms with van der Waals surface area (Å²) in [7, 11) is 5.92. The first-order valence-corrected chi connectivity index (χ1v) is 15.4. The third-order valence-electron chi connectivity index (χ3n) is 7.08. The van der Waals surface area contributed by atoms with Crippen LogP contribution < -0.4 is 0 Å². The summed E-state index contributed by atoms with van der Waals surface area (Å²) < 4.78 is 6.03. The van der Waals surface area contributed by atoms with Crippen molar-refractivity contribution in [3.8, 4) is 0 Å². The highest BCUT2D eigenvalue weighted by Gasteiger charge is 2.24. The molecule has 214 valence electrons. The van der Waals surface area contributed by atoms with Gasteiger partial charge >= 0.3 is 11.9 Å². The first-order valence-electron chi connectivity index (χ1n) is 15.4. The molecule has 0 radical (unpaired) electrons. The molecule has 0 saturated heterocycles. The third kappa shape index (κ3) is 26.0. The van der Waals surface area contributed by atoms with Crippen molar-refractivity contribution >= 4 is 11.9 Å². The van der Waals surface area contributed by atoms with E-state index in [1.165, 1.54) is 103 Å². The summed E-state index contributed by atoms with van der Waals surface area (Å²) >= 11 is 0. The van der Waals surface area contributed by atoms with Crippen LogP contribution in [0.1, 0.15) is 149 Å². The Bertz CT molecular complexity index is 529. The SMILES string of the molecule is CCCCCCCCCCCCCC(C)CCCCCCCCC(=O)OC(CC(=O)O)C[N+](C)(C)C. The van der Waals surface area contributed by atoms with Crippen LogP contribution in [0.4, 0.5) is 0 Å². The molecule has 5 heteroatoms. The van der Waals surface area contributed by atoms with Crippen LogP contribution in [0.2, 0.25) is 0 Å². The minimum absolute atomic E-state index is 0.126. The molecule has 0 aliphatic rings. The maximum atomic E-state index is 12.1. The van der Waals surface area contributed by atoms with E-state index in [9.17, 15) is 9.59 Å². The number of esters is 1. The number of ether oxygens (including phenoxy) is 1. The van der Waals surface area contributed by atoms with Gasteiger partial charge in [0.2, 0.25) is 0 Å². The number of likely N-dealkylation sites (N-methyl/N-ethyl adjacent to an activating group) is 1. The van der Waals surface area contributed by atoms with E-state index in [1.54, 1.807) is 0 Å². The predicted octanol–water partition coefficient (Wildman–Crippen LogP) is 8.54. The molecule has 0 heterocycles. The highest BCUT2D eigenvalue weighted by atomic mass is 16.5. The second kappa shape index (κ2) is 23.0. The number of carbonyl (C=O) groups excluding carboxylic acids is 1. The summed E-state index contributed by atoms with van der Waals surface area (Å²) in [6.45, 7) is 5.21. The molecule has 0 rings (SSSR count). The topological polar surface area (TPSA) is 63.6 Å². The van der Waals surface area contributed by atoms with Gasteiger partial charge in [-0.2, -0.15) is 0 Å². The van der Waals surface area contributed by atoms with Gasteiger partial charge in [-0.1, -0.05) is 129 Å². The largest absolute Gasteiger partial charge is 0.481 e. The van der Waals surface area contributed by atoms with Crippen LogP contribution >= 0.6 is 0 Å². The molecule has 0 bridgehead atoms. The summed E-state index contributed by atoms with van der Waals surface area (Å²) in [5.41, 5.74) is 0. The standard InChI is InChI=1S/C31H61NO4/c1-6-7-8-9-10-11-12-13-14-17-20-23-28(2)24-21-18-15-16-19-22-25-31(35)36-29(26-30(33)34)27-32(3,4)5/h28-29H,6-27H2,1-5H3/p+1. The molecule has 2 unspecified atom stereocenters. The highest BCUT2D eigenvalue weighted by Crippen LogP contribution is 2.19.